The van der Waals surface area contributed by atoms with Gasteiger partial charge in [0, 0.05) is 30.6 Å². The third-order valence-electron chi connectivity index (χ3n) is 3.09. The van der Waals surface area contributed by atoms with Crippen LogP contribution in [0, 0.1) is 10.1 Å². The molecule has 0 fully saturated rings. The van der Waals surface area contributed by atoms with Gasteiger partial charge in [-0.15, -0.1) is 5.10 Å². The molecule has 0 saturated heterocycles. The Morgan fingerprint density at radius 2 is 2.00 bits per heavy atom. The summed E-state index contributed by atoms with van der Waals surface area (Å²) >= 11 is 0. The molecular weight excluding hydrogens is 326 g/mol. The summed E-state index contributed by atoms with van der Waals surface area (Å²) in [5.41, 5.74) is 1.26. The minimum absolute atomic E-state index is 0.0182. The largest absolute Gasteiger partial charge is 0.403 e. The van der Waals surface area contributed by atoms with E-state index in [0.29, 0.717) is 11.1 Å². The van der Waals surface area contributed by atoms with Crippen molar-refractivity contribution in [3.05, 3.63) is 70.5 Å². The highest BCUT2D eigenvalue weighted by atomic mass is 16.6. The van der Waals surface area contributed by atoms with Gasteiger partial charge in [-0.1, -0.05) is 5.10 Å². The Morgan fingerprint density at radius 3 is 2.68 bits per heavy atom. The number of rotatable bonds is 5. The Morgan fingerprint density at radius 1 is 1.20 bits per heavy atom. The van der Waals surface area contributed by atoms with Gasteiger partial charge in [0.15, 0.2) is 0 Å². The highest BCUT2D eigenvalue weighted by Gasteiger charge is 2.10. The maximum Gasteiger partial charge on any atom is 0.322 e. The summed E-state index contributed by atoms with van der Waals surface area (Å²) in [6.45, 7) is 0. The number of benzene rings is 1. The maximum atomic E-state index is 11.9. The lowest BCUT2D eigenvalue weighted by atomic mass is 10.2. The lowest BCUT2D eigenvalue weighted by Gasteiger charge is -1.96. The van der Waals surface area contributed by atoms with Gasteiger partial charge in [-0.2, -0.15) is 0 Å². The first kappa shape index (κ1) is 16.0. The first-order valence-corrected chi connectivity index (χ1v) is 7.09. The number of non-ortho nitro benzene ring substituents is 1. The average molecular weight is 337 g/mol. The molecule has 2 heterocycles. The Labute approximate surface area is 141 Å². The van der Waals surface area contributed by atoms with Crippen LogP contribution in [0.1, 0.15) is 5.56 Å². The molecule has 124 valence electrons. The molecule has 0 atom stereocenters. The van der Waals surface area contributed by atoms with Crippen molar-refractivity contribution in [2.45, 2.75) is 0 Å². The fraction of sp³-hybridized carbons (Fsp3) is 0. The summed E-state index contributed by atoms with van der Waals surface area (Å²) in [6, 6.07) is 9.22. The Bertz CT molecular complexity index is 919. The van der Waals surface area contributed by atoms with Gasteiger partial charge >= 0.3 is 6.01 Å². The zero-order valence-corrected chi connectivity index (χ0v) is 12.7. The van der Waals surface area contributed by atoms with Crippen molar-refractivity contribution in [3.8, 4) is 11.5 Å². The van der Waals surface area contributed by atoms with Gasteiger partial charge in [0.1, 0.15) is 0 Å². The van der Waals surface area contributed by atoms with Crippen molar-refractivity contribution in [1.29, 1.82) is 0 Å². The second kappa shape index (κ2) is 7.13. The molecule has 1 amide bonds. The van der Waals surface area contributed by atoms with E-state index in [0.717, 1.165) is 0 Å². The van der Waals surface area contributed by atoms with Crippen LogP contribution in [0.15, 0.2) is 59.3 Å². The summed E-state index contributed by atoms with van der Waals surface area (Å²) in [5.74, 6) is -0.234. The molecule has 1 N–H and O–H groups in total. The van der Waals surface area contributed by atoms with Crippen LogP contribution in [0.25, 0.3) is 17.5 Å². The van der Waals surface area contributed by atoms with Crippen molar-refractivity contribution in [2.75, 3.05) is 5.32 Å². The van der Waals surface area contributed by atoms with Gasteiger partial charge in [0.05, 0.1) is 10.5 Å². The summed E-state index contributed by atoms with van der Waals surface area (Å²) in [4.78, 5) is 25.9. The van der Waals surface area contributed by atoms with Crippen LogP contribution in [0.2, 0.25) is 0 Å². The van der Waals surface area contributed by atoms with Crippen LogP contribution >= 0.6 is 0 Å². The van der Waals surface area contributed by atoms with Crippen LogP contribution in [0.5, 0.6) is 0 Å². The van der Waals surface area contributed by atoms with Gasteiger partial charge in [0.25, 0.3) is 17.5 Å². The smallest absolute Gasteiger partial charge is 0.322 e. The summed E-state index contributed by atoms with van der Waals surface area (Å²) in [6.07, 6.45) is 5.95. The van der Waals surface area contributed by atoms with Gasteiger partial charge in [-0.3, -0.25) is 25.2 Å². The first-order chi connectivity index (χ1) is 12.1. The molecular formula is C16H11N5O4. The topological polar surface area (TPSA) is 124 Å². The van der Waals surface area contributed by atoms with Crippen molar-refractivity contribution in [1.82, 2.24) is 15.2 Å². The fourth-order valence-corrected chi connectivity index (χ4v) is 1.91. The standard InChI is InChI=1S/C16H11N5O4/c22-14(8-5-11-3-6-13(7-4-11)21(23)24)18-16-20-19-15(25-16)12-2-1-9-17-10-12/h1-10H,(H,18,20,22)/b8-5+. The first-order valence-electron chi connectivity index (χ1n) is 7.09. The van der Waals surface area contributed by atoms with E-state index in [-0.39, 0.29) is 17.6 Å². The van der Waals surface area contributed by atoms with Crippen LogP contribution < -0.4 is 5.32 Å². The highest BCUT2D eigenvalue weighted by Crippen LogP contribution is 2.18. The van der Waals surface area contributed by atoms with Gasteiger partial charge in [-0.05, 0) is 35.9 Å². The molecule has 1 aromatic carbocycles. The van der Waals surface area contributed by atoms with E-state index in [1.54, 1.807) is 24.5 Å². The average Bonchev–Trinajstić information content (AvgIpc) is 3.09. The summed E-state index contributed by atoms with van der Waals surface area (Å²) < 4.78 is 5.33. The van der Waals surface area contributed by atoms with Gasteiger partial charge in [0.2, 0.25) is 0 Å². The number of hydrogen-bond acceptors (Lipinski definition) is 7. The van der Waals surface area contributed by atoms with Crippen molar-refractivity contribution in [2.24, 2.45) is 0 Å². The van der Waals surface area contributed by atoms with E-state index in [4.69, 9.17) is 4.42 Å². The molecule has 0 unspecified atom stereocenters. The van der Waals surface area contributed by atoms with Crippen molar-refractivity contribution < 1.29 is 14.1 Å². The molecule has 3 rings (SSSR count). The lowest BCUT2D eigenvalue weighted by molar-refractivity contribution is -0.384. The lowest BCUT2D eigenvalue weighted by Crippen LogP contribution is -2.07. The summed E-state index contributed by atoms with van der Waals surface area (Å²) in [7, 11) is 0. The number of nitrogens with one attached hydrogen (secondary N) is 1. The zero-order valence-electron chi connectivity index (χ0n) is 12.7. The number of carbonyl (C=O) groups is 1. The molecule has 0 bridgehead atoms. The predicted molar refractivity (Wildman–Crippen MR) is 88.3 cm³/mol. The van der Waals surface area contributed by atoms with Crippen LogP contribution in [0.3, 0.4) is 0 Å². The van der Waals surface area contributed by atoms with Crippen LogP contribution in [0.4, 0.5) is 11.7 Å². The second-order valence-corrected chi connectivity index (χ2v) is 4.83. The highest BCUT2D eigenvalue weighted by molar-refractivity contribution is 6.00. The number of aromatic nitrogens is 3. The number of amides is 1. The Balaban J connectivity index is 1.63. The molecule has 0 saturated carbocycles. The molecule has 9 nitrogen and oxygen atoms in total. The van der Waals surface area contributed by atoms with E-state index in [2.05, 4.69) is 20.5 Å². The fourth-order valence-electron chi connectivity index (χ4n) is 1.91. The number of carbonyl (C=O) groups excluding carboxylic acids is 1. The van der Waals surface area contributed by atoms with E-state index in [9.17, 15) is 14.9 Å². The Hall–Kier alpha value is -3.88. The Kier molecular flexibility index (Phi) is 4.56. The SMILES string of the molecule is O=C(/C=C/c1ccc([N+](=O)[O-])cc1)Nc1nnc(-c2cccnc2)o1. The number of nitrogens with zero attached hydrogens (tertiary/aromatic N) is 4. The minimum Gasteiger partial charge on any atom is -0.403 e. The van der Waals surface area contributed by atoms with Crippen LogP contribution in [-0.2, 0) is 4.79 Å². The molecule has 2 aromatic heterocycles. The number of nitro benzene ring substituents is 1. The zero-order chi connectivity index (χ0) is 17.6. The van der Waals surface area contributed by atoms with E-state index >= 15 is 0 Å². The minimum atomic E-state index is -0.490. The van der Waals surface area contributed by atoms with Gasteiger partial charge in [-0.25, -0.2) is 0 Å². The van der Waals surface area contributed by atoms with E-state index in [1.165, 1.54) is 36.4 Å². The maximum absolute atomic E-state index is 11.9. The van der Waals surface area contributed by atoms with Crippen LogP contribution in [-0.4, -0.2) is 26.0 Å². The number of pyridine rings is 1. The third-order valence-corrected chi connectivity index (χ3v) is 3.09. The molecule has 0 aliphatic rings. The number of anilines is 1. The molecule has 25 heavy (non-hydrogen) atoms. The monoisotopic (exact) mass is 337 g/mol. The van der Waals surface area contributed by atoms with Crippen molar-refractivity contribution in [3.63, 3.8) is 0 Å². The molecule has 0 radical (unpaired) electrons. The molecule has 3 aromatic rings. The molecule has 0 spiro atoms. The molecule has 0 aliphatic heterocycles. The van der Waals surface area contributed by atoms with Crippen molar-refractivity contribution >= 4 is 23.7 Å². The predicted octanol–water partition coefficient (Wildman–Crippen LogP) is 2.69. The normalized spacial score (nSPS) is 10.7. The molecule has 0 aliphatic carbocycles. The molecule has 9 heteroatoms. The quantitative estimate of drug-likeness (QED) is 0.431. The van der Waals surface area contributed by atoms with E-state index in [1.807, 2.05) is 0 Å². The third kappa shape index (κ3) is 4.10. The van der Waals surface area contributed by atoms with E-state index < -0.39 is 10.8 Å². The number of hydrogen-bond donors (Lipinski definition) is 1. The number of nitro groups is 1. The van der Waals surface area contributed by atoms with Gasteiger partial charge < -0.3 is 4.42 Å². The second-order valence-electron chi connectivity index (χ2n) is 4.83. The summed E-state index contributed by atoms with van der Waals surface area (Å²) in [5, 5.41) is 20.6.